The lowest BCUT2D eigenvalue weighted by molar-refractivity contribution is -0.123. The van der Waals surface area contributed by atoms with E-state index in [-0.39, 0.29) is 11.8 Å². The normalized spacial score (nSPS) is 15.1. The molecule has 1 aromatic carbocycles. The van der Waals surface area contributed by atoms with Crippen LogP contribution in [0.3, 0.4) is 0 Å². The zero-order valence-corrected chi connectivity index (χ0v) is 13.7. The van der Waals surface area contributed by atoms with Crippen molar-refractivity contribution in [2.75, 3.05) is 11.9 Å². The van der Waals surface area contributed by atoms with Crippen LogP contribution in [-0.2, 0) is 14.4 Å². The molecule has 2 N–H and O–H groups in total. The topological polar surface area (TPSA) is 101 Å². The van der Waals surface area contributed by atoms with Gasteiger partial charge in [-0.3, -0.25) is 19.2 Å². The second kappa shape index (κ2) is 6.66. The Bertz CT molecular complexity index is 704. The van der Waals surface area contributed by atoms with Gasteiger partial charge in [0.1, 0.15) is 6.04 Å². The lowest BCUT2D eigenvalue weighted by atomic mass is 10.0. The molecule has 0 radical (unpaired) electrons. The summed E-state index contributed by atoms with van der Waals surface area (Å²) in [6, 6.07) is 5.32. The number of anilines is 1. The molecule has 0 aliphatic carbocycles. The molecule has 7 heteroatoms. The van der Waals surface area contributed by atoms with Gasteiger partial charge in [-0.25, -0.2) is 4.90 Å². The summed E-state index contributed by atoms with van der Waals surface area (Å²) in [6.45, 7) is 3.61. The van der Waals surface area contributed by atoms with Crippen molar-refractivity contribution in [3.05, 3.63) is 42.0 Å². The first-order valence-electron chi connectivity index (χ1n) is 7.46. The molecule has 24 heavy (non-hydrogen) atoms. The Morgan fingerprint density at radius 3 is 1.96 bits per heavy atom. The monoisotopic (exact) mass is 329 g/mol. The molecule has 7 nitrogen and oxygen atoms in total. The van der Waals surface area contributed by atoms with Crippen LogP contribution >= 0.6 is 0 Å². The Hall–Kier alpha value is -2.96. The van der Waals surface area contributed by atoms with Gasteiger partial charge in [-0.2, -0.15) is 0 Å². The van der Waals surface area contributed by atoms with Crippen molar-refractivity contribution in [3.8, 4) is 0 Å². The average Bonchev–Trinajstić information content (AvgIpc) is 2.85. The van der Waals surface area contributed by atoms with Crippen LogP contribution < -0.4 is 10.6 Å². The number of carbonyl (C=O) groups is 4. The van der Waals surface area contributed by atoms with Gasteiger partial charge < -0.3 is 10.6 Å². The molecule has 1 aromatic rings. The van der Waals surface area contributed by atoms with Crippen molar-refractivity contribution in [1.29, 1.82) is 0 Å². The lowest BCUT2D eigenvalue weighted by Gasteiger charge is -2.28. The van der Waals surface area contributed by atoms with Crippen LogP contribution in [0.25, 0.3) is 0 Å². The minimum atomic E-state index is -0.719. The number of rotatable bonds is 5. The Morgan fingerprint density at radius 1 is 1.04 bits per heavy atom. The van der Waals surface area contributed by atoms with E-state index in [0.29, 0.717) is 11.3 Å². The summed E-state index contributed by atoms with van der Waals surface area (Å²) in [5, 5.41) is 0. The van der Waals surface area contributed by atoms with Crippen LogP contribution in [0.1, 0.15) is 24.2 Å². The van der Waals surface area contributed by atoms with E-state index in [9.17, 15) is 19.2 Å². The van der Waals surface area contributed by atoms with Crippen LogP contribution in [0.2, 0.25) is 0 Å². The van der Waals surface area contributed by atoms with Crippen LogP contribution in [0, 0.1) is 5.92 Å². The number of nitrogens with zero attached hydrogens (tertiary/aromatic N) is 2. The zero-order valence-electron chi connectivity index (χ0n) is 13.7. The third-order valence-corrected chi connectivity index (χ3v) is 3.84. The molecule has 1 heterocycles. The Kier molecular flexibility index (Phi) is 4.82. The van der Waals surface area contributed by atoms with E-state index in [0.717, 1.165) is 4.90 Å². The van der Waals surface area contributed by atoms with Gasteiger partial charge in [-0.1, -0.05) is 13.8 Å². The van der Waals surface area contributed by atoms with E-state index < -0.39 is 23.8 Å². The summed E-state index contributed by atoms with van der Waals surface area (Å²) in [4.78, 5) is 49.7. The molecule has 0 fully saturated rings. The van der Waals surface area contributed by atoms with Gasteiger partial charge in [0, 0.05) is 24.8 Å². The number of carbonyl (C=O) groups excluding carboxylic acids is 4. The highest BCUT2D eigenvalue weighted by molar-refractivity contribution is 6.28. The van der Waals surface area contributed by atoms with E-state index in [1.54, 1.807) is 13.8 Å². The van der Waals surface area contributed by atoms with E-state index in [1.807, 2.05) is 0 Å². The van der Waals surface area contributed by atoms with Gasteiger partial charge in [0.2, 0.25) is 5.91 Å². The van der Waals surface area contributed by atoms with Crippen LogP contribution in [-0.4, -0.2) is 41.6 Å². The smallest absolute Gasteiger partial charge is 0.258 e. The SMILES string of the molecule is CC(C)[C@@H](C(N)=O)N(C)C(=O)c1ccc(N2C(=O)C=CC2=O)cc1. The number of benzene rings is 1. The lowest BCUT2D eigenvalue weighted by Crippen LogP contribution is -2.48. The van der Waals surface area contributed by atoms with Gasteiger partial charge in [0.15, 0.2) is 0 Å². The molecule has 1 aliphatic heterocycles. The number of amides is 4. The van der Waals surface area contributed by atoms with Crippen LogP contribution in [0.5, 0.6) is 0 Å². The van der Waals surface area contributed by atoms with Gasteiger partial charge in [0.05, 0.1) is 5.69 Å². The fraction of sp³-hybridized carbons (Fsp3) is 0.294. The van der Waals surface area contributed by atoms with Gasteiger partial charge in [0.25, 0.3) is 17.7 Å². The predicted molar refractivity (Wildman–Crippen MR) is 88.0 cm³/mol. The molecule has 1 aliphatic rings. The fourth-order valence-corrected chi connectivity index (χ4v) is 2.70. The van der Waals surface area contributed by atoms with E-state index in [4.69, 9.17) is 5.73 Å². The second-order valence-electron chi connectivity index (χ2n) is 5.90. The summed E-state index contributed by atoms with van der Waals surface area (Å²) in [7, 11) is 1.52. The van der Waals surface area contributed by atoms with Crippen molar-refractivity contribution < 1.29 is 19.2 Å². The Labute approximate surface area is 139 Å². The minimum absolute atomic E-state index is 0.123. The molecule has 126 valence electrons. The molecular formula is C17H19N3O4. The van der Waals surface area contributed by atoms with Crippen molar-refractivity contribution in [3.63, 3.8) is 0 Å². The highest BCUT2D eigenvalue weighted by atomic mass is 16.2. The first-order valence-corrected chi connectivity index (χ1v) is 7.46. The summed E-state index contributed by atoms with van der Waals surface area (Å²) < 4.78 is 0. The molecule has 0 aromatic heterocycles. The summed E-state index contributed by atoms with van der Waals surface area (Å²) >= 11 is 0. The second-order valence-corrected chi connectivity index (χ2v) is 5.90. The van der Waals surface area contributed by atoms with Crippen LogP contribution in [0.4, 0.5) is 5.69 Å². The maximum atomic E-state index is 12.5. The third-order valence-electron chi connectivity index (χ3n) is 3.84. The van der Waals surface area contributed by atoms with Crippen molar-refractivity contribution >= 4 is 29.3 Å². The zero-order chi connectivity index (χ0) is 18.0. The standard InChI is InChI=1S/C17H19N3O4/c1-10(2)15(16(18)23)19(3)17(24)11-4-6-12(7-5-11)20-13(21)8-9-14(20)22/h4-10,15H,1-3H3,(H2,18,23)/t15-/m0/s1. The van der Waals surface area contributed by atoms with Crippen molar-refractivity contribution in [2.24, 2.45) is 11.7 Å². The van der Waals surface area contributed by atoms with E-state index in [2.05, 4.69) is 0 Å². The first kappa shape index (κ1) is 17.4. The van der Waals surface area contributed by atoms with Gasteiger partial charge >= 0.3 is 0 Å². The largest absolute Gasteiger partial charge is 0.368 e. The van der Waals surface area contributed by atoms with Gasteiger partial charge in [-0.05, 0) is 30.2 Å². The third kappa shape index (κ3) is 3.19. The summed E-state index contributed by atoms with van der Waals surface area (Å²) in [6.07, 6.45) is 2.38. The Balaban J connectivity index is 2.21. The summed E-state index contributed by atoms with van der Waals surface area (Å²) in [5.41, 5.74) is 6.08. The number of primary amides is 1. The van der Waals surface area contributed by atoms with Gasteiger partial charge in [-0.15, -0.1) is 0 Å². The molecule has 4 amide bonds. The molecule has 0 saturated heterocycles. The molecule has 0 bridgehead atoms. The molecule has 2 rings (SSSR count). The fourth-order valence-electron chi connectivity index (χ4n) is 2.70. The van der Waals surface area contributed by atoms with E-state index in [1.165, 1.54) is 48.4 Å². The number of likely N-dealkylation sites (N-methyl/N-ethyl adjacent to an activating group) is 1. The maximum absolute atomic E-state index is 12.5. The molecule has 0 unspecified atom stereocenters. The molecular weight excluding hydrogens is 310 g/mol. The number of hydrogen-bond acceptors (Lipinski definition) is 4. The quantitative estimate of drug-likeness (QED) is 0.803. The average molecular weight is 329 g/mol. The highest BCUT2D eigenvalue weighted by Crippen LogP contribution is 2.21. The first-order chi connectivity index (χ1) is 11.2. The van der Waals surface area contributed by atoms with E-state index >= 15 is 0 Å². The number of nitrogens with two attached hydrogens (primary N) is 1. The number of imide groups is 1. The molecule has 0 saturated carbocycles. The molecule has 0 spiro atoms. The number of hydrogen-bond donors (Lipinski definition) is 1. The van der Waals surface area contributed by atoms with Crippen molar-refractivity contribution in [1.82, 2.24) is 4.90 Å². The maximum Gasteiger partial charge on any atom is 0.258 e. The summed E-state index contributed by atoms with van der Waals surface area (Å²) in [5.74, 6) is -1.91. The van der Waals surface area contributed by atoms with Crippen LogP contribution in [0.15, 0.2) is 36.4 Å². The van der Waals surface area contributed by atoms with Crippen molar-refractivity contribution in [2.45, 2.75) is 19.9 Å². The Morgan fingerprint density at radius 2 is 1.54 bits per heavy atom. The predicted octanol–water partition coefficient (Wildman–Crippen LogP) is 0.698. The molecule has 1 atom stereocenters. The minimum Gasteiger partial charge on any atom is -0.368 e. The highest BCUT2D eigenvalue weighted by Gasteiger charge is 2.29.